The molecule has 1 aromatic carbocycles. The number of rotatable bonds is 1. The number of aromatic nitrogens is 2. The first-order valence-electron chi connectivity index (χ1n) is 4.87. The van der Waals surface area contributed by atoms with Crippen LogP contribution in [0.5, 0.6) is 0 Å². The van der Waals surface area contributed by atoms with Gasteiger partial charge in [0, 0.05) is 0 Å². The van der Waals surface area contributed by atoms with Crippen molar-refractivity contribution in [3.63, 3.8) is 0 Å². The first kappa shape index (κ1) is 9.71. The molecule has 15 heavy (non-hydrogen) atoms. The molecule has 1 heterocycles. The first-order valence-corrected chi connectivity index (χ1v) is 4.87. The number of nitrogens with one attached hydrogen (secondary N) is 1. The fourth-order valence-corrected chi connectivity index (χ4v) is 1.53. The molecule has 78 valence electrons. The number of nitrogens with two attached hydrogens (primary N) is 1. The van der Waals surface area contributed by atoms with Crippen LogP contribution in [0.2, 0.25) is 0 Å². The Kier molecular flexibility index (Phi) is 2.19. The fourth-order valence-electron chi connectivity index (χ4n) is 1.53. The van der Waals surface area contributed by atoms with Crippen molar-refractivity contribution in [3.8, 4) is 0 Å². The summed E-state index contributed by atoms with van der Waals surface area (Å²) in [6.45, 7) is 4.17. The Labute approximate surface area is 87.1 Å². The Morgan fingerprint density at radius 1 is 1.40 bits per heavy atom. The van der Waals surface area contributed by atoms with E-state index >= 15 is 0 Å². The van der Waals surface area contributed by atoms with E-state index in [1.807, 2.05) is 18.2 Å². The molecule has 0 fully saturated rings. The number of benzene rings is 1. The average Bonchev–Trinajstić information content (AvgIpc) is 2.16. The maximum atomic E-state index is 11.6. The minimum atomic E-state index is -0.181. The zero-order valence-electron chi connectivity index (χ0n) is 8.74. The van der Waals surface area contributed by atoms with Crippen molar-refractivity contribution in [1.29, 1.82) is 0 Å². The summed E-state index contributed by atoms with van der Waals surface area (Å²) in [4.78, 5) is 18.1. The van der Waals surface area contributed by atoms with Gasteiger partial charge in [0.2, 0.25) is 5.95 Å². The highest BCUT2D eigenvalue weighted by Gasteiger charge is 2.05. The van der Waals surface area contributed by atoms with Gasteiger partial charge in [0.1, 0.15) is 0 Å². The highest BCUT2D eigenvalue weighted by Crippen LogP contribution is 2.17. The summed E-state index contributed by atoms with van der Waals surface area (Å²) >= 11 is 0. The topological polar surface area (TPSA) is 71.8 Å². The van der Waals surface area contributed by atoms with E-state index in [0.717, 1.165) is 5.56 Å². The average molecular weight is 203 g/mol. The summed E-state index contributed by atoms with van der Waals surface area (Å²) < 4.78 is 0. The molecule has 0 spiro atoms. The Hall–Kier alpha value is -1.84. The summed E-state index contributed by atoms with van der Waals surface area (Å²) in [6.07, 6.45) is 0. The van der Waals surface area contributed by atoms with Crippen LogP contribution in [-0.2, 0) is 0 Å². The zero-order valence-corrected chi connectivity index (χ0v) is 8.74. The molecule has 2 aromatic rings. The molecule has 0 saturated carbocycles. The number of hydrogen-bond acceptors (Lipinski definition) is 3. The third-order valence-corrected chi connectivity index (χ3v) is 2.41. The lowest BCUT2D eigenvalue weighted by atomic mass is 10.0. The van der Waals surface area contributed by atoms with Gasteiger partial charge in [-0.25, -0.2) is 4.98 Å². The lowest BCUT2D eigenvalue weighted by Crippen LogP contribution is -2.11. The lowest BCUT2D eigenvalue weighted by Gasteiger charge is -2.06. The van der Waals surface area contributed by atoms with Crippen molar-refractivity contribution in [1.82, 2.24) is 9.97 Å². The van der Waals surface area contributed by atoms with E-state index in [9.17, 15) is 4.79 Å². The van der Waals surface area contributed by atoms with Crippen molar-refractivity contribution in [2.45, 2.75) is 19.8 Å². The predicted octanol–water partition coefficient (Wildman–Crippen LogP) is 1.63. The molecule has 0 radical (unpaired) electrons. The van der Waals surface area contributed by atoms with Crippen LogP contribution in [0.3, 0.4) is 0 Å². The maximum Gasteiger partial charge on any atom is 0.260 e. The highest BCUT2D eigenvalue weighted by molar-refractivity contribution is 5.79. The number of fused-ring (bicyclic) bond motifs is 1. The monoisotopic (exact) mass is 203 g/mol. The van der Waals surface area contributed by atoms with Gasteiger partial charge in [0.15, 0.2) is 0 Å². The van der Waals surface area contributed by atoms with E-state index in [2.05, 4.69) is 23.8 Å². The summed E-state index contributed by atoms with van der Waals surface area (Å²) in [6, 6.07) is 5.67. The molecule has 0 aliphatic rings. The van der Waals surface area contributed by atoms with E-state index in [1.54, 1.807) is 0 Å². The van der Waals surface area contributed by atoms with Gasteiger partial charge in [-0.15, -0.1) is 0 Å². The Morgan fingerprint density at radius 2 is 2.13 bits per heavy atom. The van der Waals surface area contributed by atoms with Gasteiger partial charge in [-0.2, -0.15) is 0 Å². The number of hydrogen-bond donors (Lipinski definition) is 2. The van der Waals surface area contributed by atoms with Gasteiger partial charge in [0.25, 0.3) is 5.56 Å². The minimum Gasteiger partial charge on any atom is -0.369 e. The number of aromatic amines is 1. The van der Waals surface area contributed by atoms with Gasteiger partial charge in [-0.1, -0.05) is 19.9 Å². The first-order chi connectivity index (χ1) is 7.08. The third-order valence-electron chi connectivity index (χ3n) is 2.41. The molecule has 0 saturated heterocycles. The molecular weight excluding hydrogens is 190 g/mol. The van der Waals surface area contributed by atoms with Gasteiger partial charge >= 0.3 is 0 Å². The van der Waals surface area contributed by atoms with Crippen molar-refractivity contribution in [3.05, 3.63) is 34.1 Å². The van der Waals surface area contributed by atoms with E-state index in [4.69, 9.17) is 5.73 Å². The molecular formula is C11H13N3O. The largest absolute Gasteiger partial charge is 0.369 e. The van der Waals surface area contributed by atoms with E-state index < -0.39 is 0 Å². The van der Waals surface area contributed by atoms with Crippen molar-refractivity contribution in [2.24, 2.45) is 0 Å². The normalized spacial score (nSPS) is 11.1. The Morgan fingerprint density at radius 3 is 2.80 bits per heavy atom. The smallest absolute Gasteiger partial charge is 0.260 e. The summed E-state index contributed by atoms with van der Waals surface area (Å²) in [5, 5.41) is 0.593. The van der Waals surface area contributed by atoms with Crippen LogP contribution in [0.25, 0.3) is 10.9 Å². The molecule has 4 heteroatoms. The van der Waals surface area contributed by atoms with Gasteiger partial charge in [-0.05, 0) is 23.6 Å². The van der Waals surface area contributed by atoms with Crippen molar-refractivity contribution >= 4 is 16.9 Å². The number of nitrogens with zero attached hydrogens (tertiary/aromatic N) is 1. The van der Waals surface area contributed by atoms with Gasteiger partial charge < -0.3 is 5.73 Å². The predicted molar refractivity (Wildman–Crippen MR) is 60.9 cm³/mol. The van der Waals surface area contributed by atoms with Crippen molar-refractivity contribution < 1.29 is 0 Å². The van der Waals surface area contributed by atoms with E-state index in [1.165, 1.54) is 0 Å². The van der Waals surface area contributed by atoms with Crippen LogP contribution in [-0.4, -0.2) is 9.97 Å². The van der Waals surface area contributed by atoms with E-state index in [-0.39, 0.29) is 11.5 Å². The van der Waals surface area contributed by atoms with Gasteiger partial charge in [0.05, 0.1) is 10.9 Å². The van der Waals surface area contributed by atoms with Crippen molar-refractivity contribution in [2.75, 3.05) is 5.73 Å². The minimum absolute atomic E-state index is 0.157. The molecule has 3 N–H and O–H groups in total. The molecule has 0 bridgehead atoms. The molecule has 4 nitrogen and oxygen atoms in total. The lowest BCUT2D eigenvalue weighted by molar-refractivity contribution is 0.868. The quantitative estimate of drug-likeness (QED) is 0.739. The number of anilines is 1. The Balaban J connectivity index is 2.77. The second-order valence-corrected chi connectivity index (χ2v) is 3.88. The molecule has 1 aromatic heterocycles. The van der Waals surface area contributed by atoms with Crippen LogP contribution in [0, 0.1) is 0 Å². The standard InChI is InChI=1S/C11H13N3O/c1-6(2)7-3-4-9-8(5-7)10(15)14-11(12)13-9/h3-6H,1-2H3,(H3,12,13,14,15). The second-order valence-electron chi connectivity index (χ2n) is 3.88. The number of H-pyrrole nitrogens is 1. The maximum absolute atomic E-state index is 11.6. The molecule has 0 amide bonds. The van der Waals surface area contributed by atoms with Crippen LogP contribution >= 0.6 is 0 Å². The van der Waals surface area contributed by atoms with Crippen LogP contribution in [0.1, 0.15) is 25.3 Å². The second kappa shape index (κ2) is 3.38. The molecule has 0 unspecified atom stereocenters. The summed E-state index contributed by atoms with van der Waals surface area (Å²) in [7, 11) is 0. The van der Waals surface area contributed by atoms with Crippen LogP contribution < -0.4 is 11.3 Å². The van der Waals surface area contributed by atoms with Gasteiger partial charge in [-0.3, -0.25) is 9.78 Å². The summed E-state index contributed by atoms with van der Waals surface area (Å²) in [5.74, 6) is 0.552. The zero-order chi connectivity index (χ0) is 11.0. The fraction of sp³-hybridized carbons (Fsp3) is 0.273. The third kappa shape index (κ3) is 1.70. The molecule has 0 aliphatic carbocycles. The molecule has 2 rings (SSSR count). The van der Waals surface area contributed by atoms with Crippen LogP contribution in [0.15, 0.2) is 23.0 Å². The Bertz CT molecular complexity index is 557. The number of nitrogen functional groups attached to an aromatic ring is 1. The highest BCUT2D eigenvalue weighted by atomic mass is 16.1. The van der Waals surface area contributed by atoms with E-state index in [0.29, 0.717) is 16.8 Å². The summed E-state index contributed by atoms with van der Waals surface area (Å²) in [5.41, 5.74) is 7.04. The SMILES string of the molecule is CC(C)c1ccc2nc(N)[nH]c(=O)c2c1. The van der Waals surface area contributed by atoms with Crippen LogP contribution in [0.4, 0.5) is 5.95 Å². The molecule has 0 aliphatic heterocycles. The molecule has 0 atom stereocenters.